The highest BCUT2D eigenvalue weighted by Gasteiger charge is 2.40. The first-order valence-electron chi connectivity index (χ1n) is 8.79. The van der Waals surface area contributed by atoms with Crippen LogP contribution in [0.1, 0.15) is 23.6 Å². The molecule has 27 heavy (non-hydrogen) atoms. The summed E-state index contributed by atoms with van der Waals surface area (Å²) in [7, 11) is 0. The van der Waals surface area contributed by atoms with Crippen LogP contribution in [0.2, 0.25) is 0 Å². The van der Waals surface area contributed by atoms with Crippen molar-refractivity contribution in [2.45, 2.75) is 17.2 Å². The topological polar surface area (TPSA) is 63.3 Å². The van der Waals surface area contributed by atoms with Crippen molar-refractivity contribution >= 4 is 17.7 Å². The third-order valence-corrected chi connectivity index (χ3v) is 6.50. The molecule has 3 nitrogen and oxygen atoms in total. The molecule has 3 N–H and O–H groups in total. The van der Waals surface area contributed by atoms with Crippen LogP contribution in [0.4, 0.5) is 0 Å². The first kappa shape index (κ1) is 19.2. The molecule has 0 heterocycles. The van der Waals surface area contributed by atoms with Gasteiger partial charge in [0.25, 0.3) is 0 Å². The molecule has 0 radical (unpaired) electrons. The largest absolute Gasteiger partial charge is 0.480 e. The Labute approximate surface area is 164 Å². The molecule has 0 spiro atoms. The van der Waals surface area contributed by atoms with E-state index in [1.807, 2.05) is 54.6 Å². The van der Waals surface area contributed by atoms with Crippen LogP contribution < -0.4 is 5.73 Å². The van der Waals surface area contributed by atoms with E-state index in [0.29, 0.717) is 0 Å². The Morgan fingerprint density at radius 3 is 1.44 bits per heavy atom. The van der Waals surface area contributed by atoms with E-state index in [9.17, 15) is 9.90 Å². The monoisotopic (exact) mass is 377 g/mol. The lowest BCUT2D eigenvalue weighted by atomic mass is 9.84. The van der Waals surface area contributed by atoms with Crippen molar-refractivity contribution < 1.29 is 9.90 Å². The van der Waals surface area contributed by atoms with Gasteiger partial charge in [0, 0.05) is 5.75 Å². The van der Waals surface area contributed by atoms with Crippen molar-refractivity contribution in [2.24, 2.45) is 5.73 Å². The number of nitrogens with two attached hydrogens (primary N) is 1. The Bertz CT molecular complexity index is 783. The van der Waals surface area contributed by atoms with E-state index in [1.165, 1.54) is 0 Å². The van der Waals surface area contributed by atoms with Gasteiger partial charge in [-0.1, -0.05) is 91.0 Å². The van der Waals surface area contributed by atoms with E-state index in [2.05, 4.69) is 36.4 Å². The molecule has 0 bridgehead atoms. The van der Waals surface area contributed by atoms with Gasteiger partial charge >= 0.3 is 5.97 Å². The smallest absolute Gasteiger partial charge is 0.324 e. The molecule has 4 heteroatoms. The first-order valence-corrected chi connectivity index (χ1v) is 9.78. The zero-order valence-electron chi connectivity index (χ0n) is 15.2. The molecule has 3 aromatic carbocycles. The van der Waals surface area contributed by atoms with Crippen LogP contribution in [0.5, 0.6) is 0 Å². The summed E-state index contributed by atoms with van der Waals surface area (Å²) in [5.74, 6) is -0.737. The van der Waals surface area contributed by atoms with E-state index < -0.39 is 16.3 Å². The maximum atomic E-state index is 11.6. The van der Waals surface area contributed by atoms with Crippen LogP contribution in [-0.2, 0) is 9.54 Å². The third kappa shape index (κ3) is 3.92. The molecule has 3 rings (SSSR count). The lowest BCUT2D eigenvalue weighted by Crippen LogP contribution is -2.48. The third-order valence-electron chi connectivity index (χ3n) is 4.62. The van der Waals surface area contributed by atoms with Crippen LogP contribution in [0.3, 0.4) is 0 Å². The minimum atomic E-state index is -1.33. The van der Waals surface area contributed by atoms with Gasteiger partial charge in [-0.3, -0.25) is 4.79 Å². The Kier molecular flexibility index (Phi) is 5.68. The molecule has 0 aromatic heterocycles. The van der Waals surface area contributed by atoms with E-state index in [0.717, 1.165) is 16.7 Å². The van der Waals surface area contributed by atoms with Crippen LogP contribution in [0, 0.1) is 0 Å². The van der Waals surface area contributed by atoms with Gasteiger partial charge in [0.1, 0.15) is 5.54 Å². The van der Waals surface area contributed by atoms with E-state index in [4.69, 9.17) is 5.73 Å². The van der Waals surface area contributed by atoms with Gasteiger partial charge < -0.3 is 10.8 Å². The SMILES string of the molecule is C[C@@](N)(CSC(c1ccccc1)(c1ccccc1)c1ccccc1)C(=O)O. The minimum absolute atomic E-state index is 0.265. The van der Waals surface area contributed by atoms with Gasteiger partial charge in [-0.15, -0.1) is 11.8 Å². The summed E-state index contributed by atoms with van der Waals surface area (Å²) in [6.07, 6.45) is 0. The van der Waals surface area contributed by atoms with Crippen molar-refractivity contribution in [1.29, 1.82) is 0 Å². The maximum Gasteiger partial charge on any atom is 0.324 e. The van der Waals surface area contributed by atoms with Gasteiger partial charge in [-0.25, -0.2) is 0 Å². The molecule has 0 amide bonds. The highest BCUT2D eigenvalue weighted by molar-refractivity contribution is 8.00. The summed E-state index contributed by atoms with van der Waals surface area (Å²) in [5.41, 5.74) is 8.03. The number of carboxylic acid groups (broad SMARTS) is 1. The predicted octanol–water partition coefficient (Wildman–Crippen LogP) is 4.51. The fraction of sp³-hybridized carbons (Fsp3) is 0.174. The fourth-order valence-corrected chi connectivity index (χ4v) is 4.64. The highest BCUT2D eigenvalue weighted by Crippen LogP contribution is 2.49. The molecule has 0 unspecified atom stereocenters. The zero-order chi connectivity index (χ0) is 19.3. The number of hydrogen-bond donors (Lipinski definition) is 2. The Balaban J connectivity index is 2.21. The standard InChI is InChI=1S/C23H23NO2S/c1-22(24,21(25)26)17-27-23(18-11-5-2-6-12-18,19-13-7-3-8-14-19)20-15-9-4-10-16-20/h2-16H,17,24H2,1H3,(H,25,26)/t22-/m1/s1. The Morgan fingerprint density at radius 2 is 1.15 bits per heavy atom. The molecule has 1 atom stereocenters. The van der Waals surface area contributed by atoms with Gasteiger partial charge in [0.2, 0.25) is 0 Å². The molecule has 0 saturated heterocycles. The number of benzene rings is 3. The lowest BCUT2D eigenvalue weighted by molar-refractivity contribution is -0.141. The van der Waals surface area contributed by atoms with Crippen molar-refractivity contribution in [3.05, 3.63) is 108 Å². The molecular formula is C23H23NO2S. The molecule has 0 fully saturated rings. The molecule has 138 valence electrons. The zero-order valence-corrected chi connectivity index (χ0v) is 16.0. The second-order valence-corrected chi connectivity index (χ2v) is 7.98. The molecular weight excluding hydrogens is 354 g/mol. The fourth-order valence-electron chi connectivity index (χ4n) is 3.09. The average Bonchev–Trinajstić information content (AvgIpc) is 2.71. The van der Waals surface area contributed by atoms with Gasteiger partial charge in [-0.05, 0) is 23.6 Å². The summed E-state index contributed by atoms with van der Waals surface area (Å²) in [5, 5.41) is 9.51. The highest BCUT2D eigenvalue weighted by atomic mass is 32.2. The molecule has 0 aliphatic heterocycles. The summed E-state index contributed by atoms with van der Waals surface area (Å²) in [6.45, 7) is 1.56. The van der Waals surface area contributed by atoms with E-state index in [-0.39, 0.29) is 5.75 Å². The first-order chi connectivity index (χ1) is 13.0. The summed E-state index contributed by atoms with van der Waals surface area (Å²) >= 11 is 1.56. The van der Waals surface area contributed by atoms with Crippen molar-refractivity contribution in [1.82, 2.24) is 0 Å². The second kappa shape index (κ2) is 7.99. The quantitative estimate of drug-likeness (QED) is 0.595. The molecule has 3 aromatic rings. The molecule has 0 aliphatic rings. The van der Waals surface area contributed by atoms with Crippen molar-refractivity contribution in [3.63, 3.8) is 0 Å². The predicted molar refractivity (Wildman–Crippen MR) is 112 cm³/mol. The van der Waals surface area contributed by atoms with E-state index >= 15 is 0 Å². The van der Waals surface area contributed by atoms with Crippen LogP contribution >= 0.6 is 11.8 Å². The van der Waals surface area contributed by atoms with Crippen LogP contribution in [-0.4, -0.2) is 22.4 Å². The number of hydrogen-bond acceptors (Lipinski definition) is 3. The number of rotatable bonds is 7. The lowest BCUT2D eigenvalue weighted by Gasteiger charge is -2.37. The average molecular weight is 378 g/mol. The second-order valence-electron chi connectivity index (χ2n) is 6.79. The molecule has 0 aliphatic carbocycles. The summed E-state index contributed by atoms with van der Waals surface area (Å²) < 4.78 is -0.556. The van der Waals surface area contributed by atoms with E-state index in [1.54, 1.807) is 18.7 Å². The Hall–Kier alpha value is -2.56. The summed E-state index contributed by atoms with van der Waals surface area (Å²) in [6, 6.07) is 30.5. The number of carbonyl (C=O) groups is 1. The van der Waals surface area contributed by atoms with Crippen LogP contribution in [0.15, 0.2) is 91.0 Å². The van der Waals surface area contributed by atoms with Crippen molar-refractivity contribution in [2.75, 3.05) is 5.75 Å². The normalized spacial score (nSPS) is 13.7. The number of aliphatic carboxylic acids is 1. The number of carboxylic acids is 1. The van der Waals surface area contributed by atoms with Gasteiger partial charge in [0.05, 0.1) is 4.75 Å². The Morgan fingerprint density at radius 1 is 0.815 bits per heavy atom. The summed E-state index contributed by atoms with van der Waals surface area (Å²) in [4.78, 5) is 11.6. The minimum Gasteiger partial charge on any atom is -0.480 e. The van der Waals surface area contributed by atoms with Gasteiger partial charge in [0.15, 0.2) is 0 Å². The maximum absolute atomic E-state index is 11.6. The van der Waals surface area contributed by atoms with Gasteiger partial charge in [-0.2, -0.15) is 0 Å². The number of thioether (sulfide) groups is 1. The molecule has 0 saturated carbocycles. The van der Waals surface area contributed by atoms with Crippen molar-refractivity contribution in [3.8, 4) is 0 Å². The van der Waals surface area contributed by atoms with Crippen LogP contribution in [0.25, 0.3) is 0 Å².